The van der Waals surface area contributed by atoms with Crippen molar-refractivity contribution in [2.45, 2.75) is 30.4 Å². The van der Waals surface area contributed by atoms with Gasteiger partial charge in [-0.25, -0.2) is 8.42 Å². The van der Waals surface area contributed by atoms with Crippen molar-refractivity contribution in [1.82, 2.24) is 9.88 Å². The van der Waals surface area contributed by atoms with E-state index < -0.39 is 9.84 Å². The molecule has 0 aliphatic carbocycles. The van der Waals surface area contributed by atoms with E-state index in [0.717, 1.165) is 11.1 Å². The highest BCUT2D eigenvalue weighted by molar-refractivity contribution is 7.90. The molecule has 0 radical (unpaired) electrons. The van der Waals surface area contributed by atoms with Gasteiger partial charge in [0.05, 0.1) is 16.3 Å². The van der Waals surface area contributed by atoms with Crippen molar-refractivity contribution in [3.8, 4) is 0 Å². The van der Waals surface area contributed by atoms with Crippen LogP contribution in [-0.4, -0.2) is 37.3 Å². The summed E-state index contributed by atoms with van der Waals surface area (Å²) in [6.45, 7) is 2.84. The van der Waals surface area contributed by atoms with E-state index in [0.29, 0.717) is 47.8 Å². The first-order valence-corrected chi connectivity index (χ1v) is 10.8. The standard InChI is InChI=1S/C20H19ClN2O3S/c1-13(24)23-9-6-14(7-10-23)19-17-5-4-16(21)11-18(17)27(25,26)12-15-3-2-8-22-20(15)19/h2-5,8,11H,6-7,9-10,12H2,1H3. The highest BCUT2D eigenvalue weighted by Gasteiger charge is 2.31. The van der Waals surface area contributed by atoms with Crippen molar-refractivity contribution < 1.29 is 13.2 Å². The Kier molecular flexibility index (Phi) is 4.56. The molecule has 27 heavy (non-hydrogen) atoms. The fourth-order valence-electron chi connectivity index (χ4n) is 3.85. The number of carbonyl (C=O) groups is 1. The molecular weight excluding hydrogens is 384 g/mol. The van der Waals surface area contributed by atoms with Gasteiger partial charge in [0.2, 0.25) is 5.91 Å². The van der Waals surface area contributed by atoms with Gasteiger partial charge in [0.25, 0.3) is 0 Å². The predicted octanol–water partition coefficient (Wildman–Crippen LogP) is 3.47. The van der Waals surface area contributed by atoms with Crippen LogP contribution in [0.25, 0.3) is 5.57 Å². The Bertz CT molecular complexity index is 1070. The van der Waals surface area contributed by atoms with Gasteiger partial charge in [0.1, 0.15) is 0 Å². The number of fused-ring (bicyclic) bond motifs is 2. The van der Waals surface area contributed by atoms with Crippen LogP contribution in [0.15, 0.2) is 47.0 Å². The Morgan fingerprint density at radius 1 is 1.19 bits per heavy atom. The number of benzene rings is 1. The number of amides is 1. The normalized spacial score (nSPS) is 18.5. The van der Waals surface area contributed by atoms with E-state index in [1.807, 2.05) is 11.0 Å². The average molecular weight is 403 g/mol. The summed E-state index contributed by atoms with van der Waals surface area (Å²) < 4.78 is 26.0. The van der Waals surface area contributed by atoms with E-state index in [9.17, 15) is 13.2 Å². The smallest absolute Gasteiger partial charge is 0.219 e. The third kappa shape index (κ3) is 3.28. The monoisotopic (exact) mass is 402 g/mol. The molecule has 0 bridgehead atoms. The van der Waals surface area contributed by atoms with Crippen LogP contribution in [0.1, 0.15) is 36.6 Å². The van der Waals surface area contributed by atoms with E-state index in [1.165, 1.54) is 6.07 Å². The molecule has 3 heterocycles. The lowest BCUT2D eigenvalue weighted by Gasteiger charge is -2.29. The minimum atomic E-state index is -3.53. The van der Waals surface area contributed by atoms with Gasteiger partial charge in [0, 0.05) is 42.4 Å². The minimum Gasteiger partial charge on any atom is -0.342 e. The van der Waals surface area contributed by atoms with Gasteiger partial charge in [-0.15, -0.1) is 0 Å². The van der Waals surface area contributed by atoms with Crippen molar-refractivity contribution >= 4 is 32.9 Å². The maximum atomic E-state index is 13.0. The molecule has 0 unspecified atom stereocenters. The highest BCUT2D eigenvalue weighted by atomic mass is 35.5. The number of carbonyl (C=O) groups excluding carboxylic acids is 1. The SMILES string of the molecule is CC(=O)N1CCC(=C2c3ccc(Cl)cc3S(=O)(=O)Cc3cccnc32)CC1. The Morgan fingerprint density at radius 2 is 1.93 bits per heavy atom. The summed E-state index contributed by atoms with van der Waals surface area (Å²) in [5.41, 5.74) is 4.08. The number of pyridine rings is 1. The van der Waals surface area contributed by atoms with Crippen LogP contribution < -0.4 is 0 Å². The Hall–Kier alpha value is -2.18. The molecular formula is C20H19ClN2O3S. The Balaban J connectivity index is 1.96. The van der Waals surface area contributed by atoms with E-state index >= 15 is 0 Å². The largest absolute Gasteiger partial charge is 0.342 e. The molecule has 1 aromatic heterocycles. The molecule has 0 spiro atoms. The second-order valence-electron chi connectivity index (χ2n) is 6.90. The molecule has 2 aliphatic heterocycles. The summed E-state index contributed by atoms with van der Waals surface area (Å²) in [6.07, 6.45) is 3.09. The molecule has 7 heteroatoms. The number of aromatic nitrogens is 1. The third-order valence-corrected chi connectivity index (χ3v) is 7.12. The fraction of sp³-hybridized carbons (Fsp3) is 0.300. The van der Waals surface area contributed by atoms with Crippen molar-refractivity contribution in [2.24, 2.45) is 0 Å². The average Bonchev–Trinajstić information content (AvgIpc) is 2.73. The van der Waals surface area contributed by atoms with Gasteiger partial charge in [-0.3, -0.25) is 9.78 Å². The number of hydrogen-bond acceptors (Lipinski definition) is 4. The van der Waals surface area contributed by atoms with Gasteiger partial charge in [-0.2, -0.15) is 0 Å². The van der Waals surface area contributed by atoms with Crippen LogP contribution in [0.4, 0.5) is 0 Å². The number of piperidine rings is 1. The van der Waals surface area contributed by atoms with Gasteiger partial charge < -0.3 is 4.90 Å². The summed E-state index contributed by atoms with van der Waals surface area (Å²) >= 11 is 6.12. The van der Waals surface area contributed by atoms with Crippen molar-refractivity contribution in [3.63, 3.8) is 0 Å². The van der Waals surface area contributed by atoms with Crippen molar-refractivity contribution in [2.75, 3.05) is 13.1 Å². The van der Waals surface area contributed by atoms with Crippen LogP contribution in [0.3, 0.4) is 0 Å². The van der Waals surface area contributed by atoms with E-state index in [-0.39, 0.29) is 16.6 Å². The number of likely N-dealkylation sites (tertiary alicyclic amines) is 1. The molecule has 0 saturated carbocycles. The van der Waals surface area contributed by atoms with Crippen molar-refractivity contribution in [1.29, 1.82) is 0 Å². The Labute approximate surface area is 163 Å². The lowest BCUT2D eigenvalue weighted by Crippen LogP contribution is -2.34. The number of nitrogens with zero attached hydrogens (tertiary/aromatic N) is 2. The quantitative estimate of drug-likeness (QED) is 0.676. The zero-order valence-electron chi connectivity index (χ0n) is 14.9. The molecule has 0 N–H and O–H groups in total. The number of halogens is 1. The third-order valence-electron chi connectivity index (χ3n) is 5.19. The first-order valence-electron chi connectivity index (χ1n) is 8.81. The Morgan fingerprint density at radius 3 is 2.63 bits per heavy atom. The first-order chi connectivity index (χ1) is 12.9. The first kappa shape index (κ1) is 18.2. The summed E-state index contributed by atoms with van der Waals surface area (Å²) in [4.78, 5) is 18.3. The van der Waals surface area contributed by atoms with E-state index in [2.05, 4.69) is 4.98 Å². The summed E-state index contributed by atoms with van der Waals surface area (Å²) in [5, 5.41) is 0.395. The topological polar surface area (TPSA) is 67.3 Å². The number of sulfone groups is 1. The molecule has 2 aliphatic rings. The van der Waals surface area contributed by atoms with E-state index in [1.54, 1.807) is 31.3 Å². The van der Waals surface area contributed by atoms with Gasteiger partial charge in [0.15, 0.2) is 9.84 Å². The van der Waals surface area contributed by atoms with Crippen LogP contribution in [0.2, 0.25) is 5.02 Å². The molecule has 1 fully saturated rings. The zero-order chi connectivity index (χ0) is 19.2. The lowest BCUT2D eigenvalue weighted by atomic mass is 9.89. The number of rotatable bonds is 0. The molecule has 5 nitrogen and oxygen atoms in total. The van der Waals surface area contributed by atoms with Crippen LogP contribution in [-0.2, 0) is 20.4 Å². The molecule has 1 aromatic carbocycles. The van der Waals surface area contributed by atoms with Crippen LogP contribution in [0.5, 0.6) is 0 Å². The summed E-state index contributed by atoms with van der Waals surface area (Å²) in [5.74, 6) is -0.0342. The second kappa shape index (κ2) is 6.77. The fourth-order valence-corrected chi connectivity index (χ4v) is 5.70. The summed E-state index contributed by atoms with van der Waals surface area (Å²) in [6, 6.07) is 8.60. The maximum absolute atomic E-state index is 13.0. The molecule has 4 rings (SSSR count). The van der Waals surface area contributed by atoms with Gasteiger partial charge >= 0.3 is 0 Å². The van der Waals surface area contributed by atoms with Crippen LogP contribution >= 0.6 is 11.6 Å². The molecule has 0 atom stereocenters. The second-order valence-corrected chi connectivity index (χ2v) is 9.29. The van der Waals surface area contributed by atoms with Crippen LogP contribution in [0, 0.1) is 0 Å². The molecule has 1 amide bonds. The highest BCUT2D eigenvalue weighted by Crippen LogP contribution is 2.40. The minimum absolute atomic E-state index is 0.0631. The molecule has 2 aromatic rings. The van der Waals surface area contributed by atoms with Crippen molar-refractivity contribution in [3.05, 3.63) is 63.9 Å². The molecule has 1 saturated heterocycles. The molecule has 140 valence electrons. The lowest BCUT2D eigenvalue weighted by molar-refractivity contribution is -0.129. The summed E-state index contributed by atoms with van der Waals surface area (Å²) in [7, 11) is -3.53. The van der Waals surface area contributed by atoms with E-state index in [4.69, 9.17) is 11.6 Å². The van der Waals surface area contributed by atoms with Gasteiger partial charge in [-0.05, 0) is 36.6 Å². The maximum Gasteiger partial charge on any atom is 0.219 e. The number of hydrogen-bond donors (Lipinski definition) is 0. The zero-order valence-corrected chi connectivity index (χ0v) is 16.5. The predicted molar refractivity (Wildman–Crippen MR) is 104 cm³/mol. The van der Waals surface area contributed by atoms with Gasteiger partial charge in [-0.1, -0.05) is 29.3 Å².